The molecule has 15 atom stereocenters. The third-order valence-electron chi connectivity index (χ3n) is 30.7. The second-order valence-corrected chi connectivity index (χ2v) is 48.0. The Morgan fingerprint density at radius 1 is 0.433 bits per heavy atom. The van der Waals surface area contributed by atoms with E-state index >= 15 is 0 Å². The topological polar surface area (TPSA) is 542 Å². The predicted octanol–water partition coefficient (Wildman–Crippen LogP) is 7.60. The number of halogens is 3. The van der Waals surface area contributed by atoms with E-state index in [0.717, 1.165) is 106 Å². The molecule has 9 aliphatic heterocycles. The molecule has 6 saturated carbocycles. The number of nitrogens with zero attached hydrogens (tertiary/aromatic N) is 6. The van der Waals surface area contributed by atoms with Crippen LogP contribution >= 0.6 is 0 Å². The summed E-state index contributed by atoms with van der Waals surface area (Å²) in [6, 6.07) is 9.62. The van der Waals surface area contributed by atoms with Crippen LogP contribution in [0.25, 0.3) is 0 Å². The molecule has 42 nitrogen and oxygen atoms in total. The first-order valence-electron chi connectivity index (χ1n) is 51.8. The molecular formula is C102H132F3N15O27S3. The second kappa shape index (κ2) is 45.5. The molecule has 3 aromatic carbocycles. The molecule has 3 aromatic rings. The molecule has 6 aliphatic carbocycles. The number of rotatable bonds is 23. The number of ether oxygens (including phenoxy) is 6. The van der Waals surface area contributed by atoms with E-state index in [0.29, 0.717) is 103 Å². The maximum absolute atomic E-state index is 14.2. The van der Waals surface area contributed by atoms with E-state index in [-0.39, 0.29) is 90.9 Å². The number of unbranched alkanes of at least 4 members (excludes halogenated alkanes) is 1. The van der Waals surface area contributed by atoms with Crippen molar-refractivity contribution in [3.8, 4) is 0 Å². The van der Waals surface area contributed by atoms with Crippen molar-refractivity contribution in [3.63, 3.8) is 0 Å². The van der Waals surface area contributed by atoms with E-state index in [1.807, 2.05) is 59.4 Å². The molecule has 9 N–H and O–H groups in total. The molecule has 9 fully saturated rings. The predicted molar refractivity (Wildman–Crippen MR) is 529 cm³/mol. The molecule has 816 valence electrons. The smallest absolute Gasteiger partial charge is 0.410 e. The van der Waals surface area contributed by atoms with Crippen LogP contribution in [-0.2, 0) is 160 Å². The Labute approximate surface area is 867 Å². The maximum Gasteiger partial charge on any atom is 0.410 e. The zero-order valence-corrected chi connectivity index (χ0v) is 86.6. The highest BCUT2D eigenvalue weighted by Gasteiger charge is 2.66. The molecule has 0 unspecified atom stereocenters. The molecule has 0 spiro atoms. The Bertz CT molecular complexity index is 6160. The fourth-order valence-electron chi connectivity index (χ4n) is 21.4. The number of benzene rings is 3. The lowest BCUT2D eigenvalue weighted by Crippen LogP contribution is -2.59. The van der Waals surface area contributed by atoms with Gasteiger partial charge in [0.1, 0.15) is 71.2 Å². The first kappa shape index (κ1) is 110. The lowest BCUT2D eigenvalue weighted by Gasteiger charge is -2.31. The third-order valence-corrected chi connectivity index (χ3v) is 36.2. The van der Waals surface area contributed by atoms with Crippen LogP contribution in [0.5, 0.6) is 0 Å². The summed E-state index contributed by atoms with van der Waals surface area (Å²) in [6.45, 7) is 18.1. The first-order valence-corrected chi connectivity index (χ1v) is 56.5. The van der Waals surface area contributed by atoms with Crippen LogP contribution in [0.4, 0.5) is 41.9 Å². The molecule has 0 radical (unpaired) electrons. The van der Waals surface area contributed by atoms with Gasteiger partial charge in [0.15, 0.2) is 0 Å². The van der Waals surface area contributed by atoms with Crippen molar-refractivity contribution >= 4 is 120 Å². The number of hydrogen-bond acceptors (Lipinski definition) is 27. The quantitative estimate of drug-likeness (QED) is 0.0326. The number of cyclic esters (lactones) is 3. The Morgan fingerprint density at radius 3 is 1.04 bits per heavy atom. The number of alkyl halides is 3. The minimum Gasteiger partial charge on any atom is -0.450 e. The van der Waals surface area contributed by atoms with Crippen LogP contribution in [0, 0.1) is 23.7 Å². The third kappa shape index (κ3) is 25.5. The highest BCUT2D eigenvalue weighted by molar-refractivity contribution is 7.91. The highest BCUT2D eigenvalue weighted by atomic mass is 32.2. The van der Waals surface area contributed by atoms with Gasteiger partial charge in [-0.2, -0.15) is 13.2 Å². The fraction of sp³-hybridized carbons (Fsp3) is 0.618. The molecule has 48 heteroatoms. The van der Waals surface area contributed by atoms with Crippen molar-refractivity contribution in [2.24, 2.45) is 23.7 Å². The Morgan fingerprint density at radius 2 is 0.740 bits per heavy atom. The summed E-state index contributed by atoms with van der Waals surface area (Å²) < 4.78 is 157. The van der Waals surface area contributed by atoms with Crippen molar-refractivity contribution in [1.29, 1.82) is 0 Å². The number of fused-ring (bicyclic) bond motifs is 9. The van der Waals surface area contributed by atoms with Gasteiger partial charge in [0, 0.05) is 76.3 Å². The summed E-state index contributed by atoms with van der Waals surface area (Å²) in [5.41, 5.74) is 4.65. The number of hydrogen-bond donors (Lipinski definition) is 9. The Kier molecular flexibility index (Phi) is 33.4. The Balaban J connectivity index is 0.000000160. The molecule has 150 heavy (non-hydrogen) atoms. The van der Waals surface area contributed by atoms with E-state index in [2.05, 4.69) is 67.9 Å². The largest absolute Gasteiger partial charge is 0.450 e. The summed E-state index contributed by atoms with van der Waals surface area (Å²) >= 11 is 0. The van der Waals surface area contributed by atoms with Gasteiger partial charge < -0.3 is 75.0 Å². The van der Waals surface area contributed by atoms with Gasteiger partial charge in [-0.3, -0.25) is 72.0 Å². The summed E-state index contributed by atoms with van der Waals surface area (Å²) in [6.07, 6.45) is 2.88. The number of aryl methyl sites for hydroxylation is 3. The number of alkyl carbamates (subject to hydrolysis) is 3. The zero-order chi connectivity index (χ0) is 107. The van der Waals surface area contributed by atoms with Gasteiger partial charge in [-0.1, -0.05) is 106 Å². The average Bonchev–Trinajstić information content (AvgIpc) is 1.58. The molecular weight excluding hydrogens is 2020 g/mol. The number of nitrogens with one attached hydrogen (secondary N) is 9. The highest BCUT2D eigenvalue weighted by Crippen LogP contribution is 2.50. The summed E-state index contributed by atoms with van der Waals surface area (Å²) in [5.74, 6) is -9.65. The van der Waals surface area contributed by atoms with Gasteiger partial charge in [0.2, 0.25) is 65.5 Å². The molecule has 9 heterocycles. The minimum absolute atomic E-state index is 0.0189. The lowest BCUT2D eigenvalue weighted by atomic mass is 9.99. The lowest BCUT2D eigenvalue weighted by molar-refractivity contribution is -0.155. The molecule has 15 aliphatic rings. The average molecular weight is 2150 g/mol. The van der Waals surface area contributed by atoms with Crippen molar-refractivity contribution in [3.05, 3.63) is 143 Å². The van der Waals surface area contributed by atoms with E-state index in [9.17, 15) is 110 Å². The van der Waals surface area contributed by atoms with Gasteiger partial charge in [-0.15, -0.1) is 19.7 Å². The van der Waals surface area contributed by atoms with E-state index in [1.54, 1.807) is 23.6 Å². The van der Waals surface area contributed by atoms with Crippen molar-refractivity contribution in [1.82, 2.24) is 75.5 Å². The van der Waals surface area contributed by atoms with Gasteiger partial charge in [-0.25, -0.2) is 54.0 Å². The molecule has 15 amide bonds. The van der Waals surface area contributed by atoms with Crippen molar-refractivity contribution in [2.45, 2.75) is 333 Å². The molecule has 12 bridgehead atoms. The maximum atomic E-state index is 14.2. The van der Waals surface area contributed by atoms with E-state index in [1.165, 1.54) is 32.9 Å². The van der Waals surface area contributed by atoms with Gasteiger partial charge in [0.05, 0.1) is 61.6 Å². The zero-order valence-electron chi connectivity index (χ0n) is 84.1. The van der Waals surface area contributed by atoms with Crippen molar-refractivity contribution in [2.75, 3.05) is 39.5 Å². The Hall–Kier alpha value is -12.6. The SMILES string of the molecule is C=C[C@@H]1C[C@]1(NC(=O)[C@@H]1C[C@@H]2CN1C(=O)[C@H](C(C)C)NC(=O)OCCCCCc1cccc3c1CN(C3)C(=O)O2)C(=O)NS(=O)(=O)C1CC1.C=C[C@@H]1C[C@]1(NC(=O)[C@@H]1C[C@@H]2CN1C(=O)[C@H](CC(F)(F)F)NC(=O)OCCCCCc1cccc3c1CN(C3)C(=O)O2)C(=O)NS(=O)(=O)C1CC1.C=C[C@@H]1C[C@]1(NC(=O)[C@@H]1C[C@@H]2CN1C(=O)[C@H](CCCC)NC(=O)OCCCCCc1cccc3c1CN(C3)C(=O)O2)C(=O)NS(=O)(=O)C1CC1. The number of amides is 15. The van der Waals surface area contributed by atoms with Crippen LogP contribution in [0.3, 0.4) is 0 Å². The van der Waals surface area contributed by atoms with Crippen LogP contribution in [0.15, 0.2) is 92.6 Å². The molecule has 3 saturated heterocycles. The minimum atomic E-state index is -4.92. The van der Waals surface area contributed by atoms with Gasteiger partial charge in [-0.05, 0) is 197 Å². The number of sulfonamides is 3. The summed E-state index contributed by atoms with van der Waals surface area (Å²) in [4.78, 5) is 211. The summed E-state index contributed by atoms with van der Waals surface area (Å²) in [7, 11) is -11.8. The van der Waals surface area contributed by atoms with E-state index in [4.69, 9.17) is 28.4 Å². The van der Waals surface area contributed by atoms with Gasteiger partial charge in [0.25, 0.3) is 17.7 Å². The molecule has 18 rings (SSSR count). The van der Waals surface area contributed by atoms with Crippen LogP contribution in [-0.4, -0.2) is 277 Å². The summed E-state index contributed by atoms with van der Waals surface area (Å²) in [5, 5.41) is 13.3. The van der Waals surface area contributed by atoms with Crippen molar-refractivity contribution < 1.29 is 139 Å². The van der Waals surface area contributed by atoms with E-state index < -0.39 is 250 Å². The second-order valence-electron chi connectivity index (χ2n) is 42.1. The standard InChI is InChI=1S/C35H47N5O9S.C34H45N5O9S.C33H40F3N5O9S/c1-3-5-13-28-31(42)40-20-25(17-29(40)30(41)37-35(18-24(35)4-2)32(43)38-50(46,47)26-14-15-26)49-34(45)39-19-23-12-9-11-22(27(23)21-39)10-7-6-8-16-48-33(44)36-28;1-4-23-16-34(23,31(42)37-49(45,46)25-12-13-25)36-29(40)27-15-24-18-39(27)30(41)28(20(2)3)35-32(43)47-14-7-5-6-9-21-10-8-11-22-17-38(19-26(21)22)33(44)48-24;1-2-21-14-32(21,29(44)39-51(47,48)23-10-11-23)38-27(42)26-13-22-17-41(26)28(43)25(15-33(34,35)36)37-30(45)49-12-5-3-4-7-19-8-6-9-20-16-40(18-24(19)20)31(46)50-22/h4,9,11-12,24-26,28-29H,2-3,5-8,10,13-21H2,1H3,(H,36,44)(H,37,41)(H,38,43);4,8,10-11,20,23-25,27-28H,1,5-7,9,12-19H2,2-3H3,(H,35,43)(H,36,40)(H,37,42);2,6,8-9,21-23,25-26H,1,3-5,7,10-18H2,(H,37,45)(H,38,42)(H,39,44)/t24-,25-,28+,29+,35-;23-,24-,27+,28+,34-;21-,22-,25+,26+,32-/m111/s1. The van der Waals surface area contributed by atoms with Crippen LogP contribution in [0.2, 0.25) is 0 Å². The van der Waals surface area contributed by atoms with Crippen LogP contribution < -0.4 is 46.1 Å². The fourth-order valence-corrected chi connectivity index (χ4v) is 25.5. The normalized spacial score (nSPS) is 28.9. The monoisotopic (exact) mass is 2150 g/mol. The number of carbonyl (C=O) groups is 15. The number of carbonyl (C=O) groups excluding carboxylic acids is 15. The first-order chi connectivity index (χ1) is 71.4. The molecule has 0 aromatic heterocycles. The van der Waals surface area contributed by atoms with Crippen LogP contribution in [0.1, 0.15) is 231 Å². The van der Waals surface area contributed by atoms with Gasteiger partial charge >= 0.3 is 42.7 Å².